The van der Waals surface area contributed by atoms with E-state index in [4.69, 9.17) is 9.47 Å². The third kappa shape index (κ3) is 5.58. The lowest BCUT2D eigenvalue weighted by molar-refractivity contribution is -0.385. The van der Waals surface area contributed by atoms with Gasteiger partial charge in [0.1, 0.15) is 13.2 Å². The maximum Gasteiger partial charge on any atom is 0.338 e. The highest BCUT2D eigenvalue weighted by Crippen LogP contribution is 2.18. The molecule has 25 heavy (non-hydrogen) atoms. The summed E-state index contributed by atoms with van der Waals surface area (Å²) in [6, 6.07) is 14.5. The number of nitro benzene ring substituents is 1. The molecule has 0 fully saturated rings. The summed E-state index contributed by atoms with van der Waals surface area (Å²) in [5.74, 6) is -1.19. The molecule has 0 atom stereocenters. The first-order chi connectivity index (χ1) is 12.1. The van der Waals surface area contributed by atoms with Crippen LogP contribution in [0.1, 0.15) is 15.9 Å². The number of nitrogens with zero attached hydrogens (tertiary/aromatic N) is 1. The van der Waals surface area contributed by atoms with Gasteiger partial charge in [-0.2, -0.15) is 0 Å². The molecule has 2 rings (SSSR count). The molecule has 128 valence electrons. The second-order valence-electron chi connectivity index (χ2n) is 4.82. The van der Waals surface area contributed by atoms with E-state index < -0.39 is 16.9 Å². The van der Waals surface area contributed by atoms with Crippen LogP contribution in [0.5, 0.6) is 0 Å². The van der Waals surface area contributed by atoms with Gasteiger partial charge in [0.2, 0.25) is 0 Å². The molecule has 0 amide bonds. The number of carbonyl (C=O) groups is 2. The molecule has 0 bridgehead atoms. The van der Waals surface area contributed by atoms with Gasteiger partial charge in [-0.15, -0.1) is 0 Å². The van der Waals surface area contributed by atoms with Gasteiger partial charge in [0.15, 0.2) is 0 Å². The number of nitro groups is 1. The fourth-order valence-corrected chi connectivity index (χ4v) is 1.93. The van der Waals surface area contributed by atoms with Crippen molar-refractivity contribution >= 4 is 23.7 Å². The highest BCUT2D eigenvalue weighted by atomic mass is 16.6. The maximum absolute atomic E-state index is 11.7. The Morgan fingerprint density at radius 2 is 1.60 bits per heavy atom. The first kappa shape index (κ1) is 17.9. The van der Waals surface area contributed by atoms with Crippen LogP contribution in [0.2, 0.25) is 0 Å². The first-order valence-corrected chi connectivity index (χ1v) is 7.38. The van der Waals surface area contributed by atoms with Gasteiger partial charge in [-0.1, -0.05) is 30.3 Å². The van der Waals surface area contributed by atoms with Crippen LogP contribution in [-0.4, -0.2) is 30.1 Å². The van der Waals surface area contributed by atoms with Gasteiger partial charge in [-0.25, -0.2) is 9.59 Å². The third-order valence-corrected chi connectivity index (χ3v) is 3.10. The lowest BCUT2D eigenvalue weighted by Crippen LogP contribution is -2.12. The number of carbonyl (C=O) groups excluding carboxylic acids is 2. The largest absolute Gasteiger partial charge is 0.459 e. The van der Waals surface area contributed by atoms with Crippen LogP contribution in [0.15, 0.2) is 60.7 Å². The second-order valence-corrected chi connectivity index (χ2v) is 4.82. The zero-order valence-corrected chi connectivity index (χ0v) is 13.2. The van der Waals surface area contributed by atoms with Crippen LogP contribution in [0.4, 0.5) is 5.69 Å². The van der Waals surface area contributed by atoms with Crippen molar-refractivity contribution in [3.63, 3.8) is 0 Å². The minimum atomic E-state index is -0.686. The van der Waals surface area contributed by atoms with Crippen LogP contribution in [-0.2, 0) is 14.3 Å². The van der Waals surface area contributed by atoms with Crippen LogP contribution in [0, 0.1) is 10.1 Å². The average Bonchev–Trinajstić information content (AvgIpc) is 2.64. The van der Waals surface area contributed by atoms with Crippen molar-refractivity contribution < 1.29 is 24.0 Å². The number of para-hydroxylation sites is 1. The number of hydrogen-bond acceptors (Lipinski definition) is 6. The van der Waals surface area contributed by atoms with E-state index in [0.717, 1.165) is 6.08 Å². The molecule has 0 heterocycles. The molecule has 0 aliphatic carbocycles. The molecule has 0 spiro atoms. The van der Waals surface area contributed by atoms with Crippen molar-refractivity contribution in [3.05, 3.63) is 81.9 Å². The van der Waals surface area contributed by atoms with E-state index in [0.29, 0.717) is 11.1 Å². The SMILES string of the molecule is O=C(/C=C/c1ccccc1[N+](=O)[O-])OCCOC(=O)c1ccccc1. The molecule has 0 aliphatic rings. The topological polar surface area (TPSA) is 95.7 Å². The van der Waals surface area contributed by atoms with Gasteiger partial charge in [-0.05, 0) is 24.3 Å². The quantitative estimate of drug-likeness (QED) is 0.252. The van der Waals surface area contributed by atoms with Gasteiger partial charge in [0, 0.05) is 12.1 Å². The van der Waals surface area contributed by atoms with Crippen LogP contribution in [0.3, 0.4) is 0 Å². The molecule has 0 aromatic heterocycles. The van der Waals surface area contributed by atoms with Gasteiger partial charge < -0.3 is 9.47 Å². The summed E-state index contributed by atoms with van der Waals surface area (Å²) in [4.78, 5) is 33.6. The molecule has 0 unspecified atom stereocenters. The molecule has 0 saturated heterocycles. The Hall–Kier alpha value is -3.48. The molecule has 0 radical (unpaired) electrons. The fourth-order valence-electron chi connectivity index (χ4n) is 1.93. The van der Waals surface area contributed by atoms with Crippen molar-refractivity contribution in [3.8, 4) is 0 Å². The Morgan fingerprint density at radius 1 is 0.960 bits per heavy atom. The van der Waals surface area contributed by atoms with Gasteiger partial charge in [0.25, 0.3) is 5.69 Å². The lowest BCUT2D eigenvalue weighted by atomic mass is 10.1. The number of benzene rings is 2. The zero-order chi connectivity index (χ0) is 18.1. The number of rotatable bonds is 7. The van der Waals surface area contributed by atoms with Crippen molar-refractivity contribution in [2.45, 2.75) is 0 Å². The number of hydrogen-bond donors (Lipinski definition) is 0. The number of esters is 2. The normalized spacial score (nSPS) is 10.4. The molecule has 2 aromatic rings. The van der Waals surface area contributed by atoms with E-state index in [-0.39, 0.29) is 18.9 Å². The number of ether oxygens (including phenoxy) is 2. The predicted octanol–water partition coefficient (Wildman–Crippen LogP) is 3.01. The second kappa shape index (κ2) is 8.97. The minimum Gasteiger partial charge on any atom is -0.459 e. The molecular formula is C18H15NO6. The molecule has 7 nitrogen and oxygen atoms in total. The summed E-state index contributed by atoms with van der Waals surface area (Å²) in [6.07, 6.45) is 2.39. The van der Waals surface area contributed by atoms with Crippen molar-refractivity contribution in [1.29, 1.82) is 0 Å². The molecule has 2 aromatic carbocycles. The smallest absolute Gasteiger partial charge is 0.338 e. The Balaban J connectivity index is 1.78. The van der Waals surface area contributed by atoms with E-state index >= 15 is 0 Å². The molecule has 0 aliphatic heterocycles. The monoisotopic (exact) mass is 341 g/mol. The van der Waals surface area contributed by atoms with Crippen molar-refractivity contribution in [1.82, 2.24) is 0 Å². The first-order valence-electron chi connectivity index (χ1n) is 7.38. The van der Waals surface area contributed by atoms with Crippen molar-refractivity contribution in [2.75, 3.05) is 13.2 Å². The molecule has 0 saturated carbocycles. The minimum absolute atomic E-state index is 0.0845. The summed E-state index contributed by atoms with van der Waals surface area (Å²) < 4.78 is 9.84. The van der Waals surface area contributed by atoms with E-state index in [2.05, 4.69) is 0 Å². The van der Waals surface area contributed by atoms with Gasteiger partial charge >= 0.3 is 11.9 Å². The average molecular weight is 341 g/mol. The van der Waals surface area contributed by atoms with E-state index in [1.165, 1.54) is 24.3 Å². The fraction of sp³-hybridized carbons (Fsp3) is 0.111. The van der Waals surface area contributed by atoms with Crippen LogP contribution < -0.4 is 0 Å². The third-order valence-electron chi connectivity index (χ3n) is 3.10. The van der Waals surface area contributed by atoms with Crippen LogP contribution >= 0.6 is 0 Å². The summed E-state index contributed by atoms with van der Waals surface area (Å²) >= 11 is 0. The summed E-state index contributed by atoms with van der Waals surface area (Å²) in [7, 11) is 0. The maximum atomic E-state index is 11.7. The lowest BCUT2D eigenvalue weighted by Gasteiger charge is -2.05. The Labute approximate surface area is 143 Å². The van der Waals surface area contributed by atoms with Crippen molar-refractivity contribution in [2.24, 2.45) is 0 Å². The summed E-state index contributed by atoms with van der Waals surface area (Å²) in [6.45, 7) is -0.197. The Morgan fingerprint density at radius 3 is 2.32 bits per heavy atom. The van der Waals surface area contributed by atoms with E-state index in [1.807, 2.05) is 0 Å². The van der Waals surface area contributed by atoms with Gasteiger partial charge in [-0.3, -0.25) is 10.1 Å². The van der Waals surface area contributed by atoms with Gasteiger partial charge in [0.05, 0.1) is 16.1 Å². The van der Waals surface area contributed by atoms with E-state index in [9.17, 15) is 19.7 Å². The highest BCUT2D eigenvalue weighted by molar-refractivity contribution is 5.89. The Kier molecular flexibility index (Phi) is 6.41. The summed E-state index contributed by atoms with van der Waals surface area (Å²) in [5.41, 5.74) is 0.591. The highest BCUT2D eigenvalue weighted by Gasteiger charge is 2.10. The van der Waals surface area contributed by atoms with E-state index in [1.54, 1.807) is 36.4 Å². The molecular weight excluding hydrogens is 326 g/mol. The molecule has 0 N–H and O–H groups in total. The zero-order valence-electron chi connectivity index (χ0n) is 13.2. The molecule has 7 heteroatoms. The standard InChI is InChI=1S/C18H15NO6/c20-17(11-10-14-6-4-5-9-16(14)19(22)23)24-12-13-25-18(21)15-7-2-1-3-8-15/h1-11H,12-13H2/b11-10+. The van der Waals surface area contributed by atoms with Crippen LogP contribution in [0.25, 0.3) is 6.08 Å². The predicted molar refractivity (Wildman–Crippen MR) is 89.8 cm³/mol. The Bertz CT molecular complexity index is 785. The summed E-state index contributed by atoms with van der Waals surface area (Å²) in [5, 5.41) is 10.9.